The molecule has 0 radical (unpaired) electrons. The molecule has 0 saturated carbocycles. The van der Waals surface area contributed by atoms with Crippen molar-refractivity contribution in [1.82, 2.24) is 0 Å². The average Bonchev–Trinajstić information content (AvgIpc) is 2.36. The maximum atomic E-state index is 11.6. The maximum Gasteiger partial charge on any atom is 0.313 e. The first-order valence-corrected chi connectivity index (χ1v) is 5.36. The van der Waals surface area contributed by atoms with Crippen LogP contribution < -0.4 is 0 Å². The minimum absolute atomic E-state index is 0.0508. The molecular formula is C12H13ClO4. The van der Waals surface area contributed by atoms with Gasteiger partial charge in [-0.3, -0.25) is 9.59 Å². The van der Waals surface area contributed by atoms with Gasteiger partial charge in [-0.15, -0.1) is 0 Å². The number of methoxy groups -OCH3 is 2. The van der Waals surface area contributed by atoms with Crippen molar-refractivity contribution in [3.8, 4) is 0 Å². The van der Waals surface area contributed by atoms with Crippen molar-refractivity contribution in [1.29, 1.82) is 0 Å². The van der Waals surface area contributed by atoms with Crippen LogP contribution in [-0.4, -0.2) is 26.2 Å². The van der Waals surface area contributed by atoms with Crippen molar-refractivity contribution < 1.29 is 19.1 Å². The van der Waals surface area contributed by atoms with Crippen LogP contribution in [0.4, 0.5) is 0 Å². The molecule has 4 nitrogen and oxygen atoms in total. The Kier molecular flexibility index (Phi) is 4.97. The molecule has 17 heavy (non-hydrogen) atoms. The molecule has 5 heteroatoms. The molecule has 0 unspecified atom stereocenters. The number of hydrogen-bond donors (Lipinski definition) is 0. The zero-order chi connectivity index (χ0) is 12.8. The van der Waals surface area contributed by atoms with E-state index in [1.54, 1.807) is 24.3 Å². The second-order valence-electron chi connectivity index (χ2n) is 3.41. The molecule has 0 saturated heterocycles. The summed E-state index contributed by atoms with van der Waals surface area (Å²) in [5.41, 5.74) is 0.673. The molecule has 0 heterocycles. The van der Waals surface area contributed by atoms with Crippen LogP contribution in [0.5, 0.6) is 0 Å². The summed E-state index contributed by atoms with van der Waals surface area (Å²) in [4.78, 5) is 22.8. The number of benzene rings is 1. The molecule has 0 fully saturated rings. The second-order valence-corrected chi connectivity index (χ2v) is 3.84. The van der Waals surface area contributed by atoms with E-state index in [0.29, 0.717) is 10.6 Å². The SMILES string of the molecule is COC(=O)C[C@@H](C(=O)OC)c1ccc(Cl)cc1. The van der Waals surface area contributed by atoms with Crippen LogP contribution in [0.15, 0.2) is 24.3 Å². The highest BCUT2D eigenvalue weighted by Crippen LogP contribution is 2.23. The molecule has 0 amide bonds. The number of halogens is 1. The monoisotopic (exact) mass is 256 g/mol. The van der Waals surface area contributed by atoms with Gasteiger partial charge in [0, 0.05) is 5.02 Å². The fraction of sp³-hybridized carbons (Fsp3) is 0.333. The topological polar surface area (TPSA) is 52.6 Å². The summed E-state index contributed by atoms with van der Waals surface area (Å²) in [7, 11) is 2.56. The molecule has 1 atom stereocenters. The average molecular weight is 257 g/mol. The molecule has 92 valence electrons. The Morgan fingerprint density at radius 2 is 1.76 bits per heavy atom. The van der Waals surface area contributed by atoms with Crippen molar-refractivity contribution in [3.05, 3.63) is 34.9 Å². The Morgan fingerprint density at radius 3 is 2.24 bits per heavy atom. The van der Waals surface area contributed by atoms with Crippen LogP contribution >= 0.6 is 11.6 Å². The van der Waals surface area contributed by atoms with E-state index in [1.165, 1.54) is 14.2 Å². The highest BCUT2D eigenvalue weighted by atomic mass is 35.5. The van der Waals surface area contributed by atoms with Crippen LogP contribution in [0.3, 0.4) is 0 Å². The molecule has 1 aromatic rings. The smallest absolute Gasteiger partial charge is 0.313 e. The van der Waals surface area contributed by atoms with Crippen molar-refractivity contribution in [2.24, 2.45) is 0 Å². The quantitative estimate of drug-likeness (QED) is 0.775. The zero-order valence-electron chi connectivity index (χ0n) is 9.60. The van der Waals surface area contributed by atoms with Gasteiger partial charge in [0.1, 0.15) is 0 Å². The standard InChI is InChI=1S/C12H13ClO4/c1-16-11(14)7-10(12(15)17-2)8-3-5-9(13)6-4-8/h3-6,10H,7H2,1-2H3/t10-/m1/s1. The Balaban J connectivity index is 2.93. The Hall–Kier alpha value is -1.55. The van der Waals surface area contributed by atoms with Crippen molar-refractivity contribution in [2.75, 3.05) is 14.2 Å². The fourth-order valence-electron chi connectivity index (χ4n) is 1.42. The molecule has 0 aliphatic carbocycles. The Morgan fingerprint density at radius 1 is 1.18 bits per heavy atom. The third kappa shape index (κ3) is 3.75. The van der Waals surface area contributed by atoms with Crippen molar-refractivity contribution in [3.63, 3.8) is 0 Å². The van der Waals surface area contributed by atoms with Gasteiger partial charge in [0.25, 0.3) is 0 Å². The van der Waals surface area contributed by atoms with Crippen LogP contribution in [0, 0.1) is 0 Å². The van der Waals surface area contributed by atoms with E-state index in [4.69, 9.17) is 11.6 Å². The van der Waals surface area contributed by atoms with Crippen LogP contribution in [-0.2, 0) is 19.1 Å². The van der Waals surface area contributed by atoms with E-state index in [0.717, 1.165) is 0 Å². The summed E-state index contributed by atoms with van der Waals surface area (Å²) in [6.07, 6.45) is -0.0508. The van der Waals surface area contributed by atoms with E-state index >= 15 is 0 Å². The normalized spacial score (nSPS) is 11.7. The van der Waals surface area contributed by atoms with E-state index in [2.05, 4.69) is 9.47 Å². The highest BCUT2D eigenvalue weighted by Gasteiger charge is 2.24. The fourth-order valence-corrected chi connectivity index (χ4v) is 1.55. The Labute approximate surface area is 104 Å². The van der Waals surface area contributed by atoms with Gasteiger partial charge in [0.05, 0.1) is 26.6 Å². The first kappa shape index (κ1) is 13.5. The van der Waals surface area contributed by atoms with Gasteiger partial charge in [-0.1, -0.05) is 23.7 Å². The molecule has 1 rings (SSSR count). The van der Waals surface area contributed by atoms with Gasteiger partial charge in [-0.25, -0.2) is 0 Å². The van der Waals surface area contributed by atoms with E-state index in [1.807, 2.05) is 0 Å². The number of esters is 2. The lowest BCUT2D eigenvalue weighted by Crippen LogP contribution is -2.18. The second kappa shape index (κ2) is 6.25. The van der Waals surface area contributed by atoms with Gasteiger partial charge in [0.15, 0.2) is 0 Å². The minimum atomic E-state index is -0.662. The molecule has 0 aliphatic rings. The molecule has 1 aromatic carbocycles. The summed E-state index contributed by atoms with van der Waals surface area (Å²) in [6.45, 7) is 0. The van der Waals surface area contributed by atoms with E-state index < -0.39 is 17.9 Å². The minimum Gasteiger partial charge on any atom is -0.469 e. The van der Waals surface area contributed by atoms with Gasteiger partial charge < -0.3 is 9.47 Å². The molecule has 0 N–H and O–H groups in total. The Bertz CT molecular complexity index is 399. The van der Waals surface area contributed by atoms with Crippen molar-refractivity contribution >= 4 is 23.5 Å². The molecule has 0 bridgehead atoms. The first-order valence-electron chi connectivity index (χ1n) is 4.98. The lowest BCUT2D eigenvalue weighted by molar-refractivity contribution is -0.149. The lowest BCUT2D eigenvalue weighted by atomic mass is 9.96. The summed E-state index contributed by atoms with van der Waals surface area (Å²) in [5, 5.41) is 0.565. The van der Waals surface area contributed by atoms with Crippen LogP contribution in [0.1, 0.15) is 17.9 Å². The van der Waals surface area contributed by atoms with E-state index in [9.17, 15) is 9.59 Å². The number of rotatable bonds is 4. The molecule has 0 aliphatic heterocycles. The number of carbonyl (C=O) groups excluding carboxylic acids is 2. The highest BCUT2D eigenvalue weighted by molar-refractivity contribution is 6.30. The van der Waals surface area contributed by atoms with Gasteiger partial charge >= 0.3 is 11.9 Å². The first-order chi connectivity index (χ1) is 8.08. The van der Waals surface area contributed by atoms with Crippen LogP contribution in [0.25, 0.3) is 0 Å². The summed E-state index contributed by atoms with van der Waals surface area (Å²) in [6, 6.07) is 6.69. The van der Waals surface area contributed by atoms with E-state index in [-0.39, 0.29) is 6.42 Å². The van der Waals surface area contributed by atoms with Crippen molar-refractivity contribution in [2.45, 2.75) is 12.3 Å². The predicted octanol–water partition coefficient (Wildman–Crippen LogP) is 2.16. The zero-order valence-corrected chi connectivity index (χ0v) is 10.4. The maximum absolute atomic E-state index is 11.6. The third-order valence-corrected chi connectivity index (χ3v) is 2.61. The number of ether oxygens (including phenoxy) is 2. The number of carbonyl (C=O) groups is 2. The lowest BCUT2D eigenvalue weighted by Gasteiger charge is -2.13. The predicted molar refractivity (Wildman–Crippen MR) is 62.8 cm³/mol. The van der Waals surface area contributed by atoms with Gasteiger partial charge in [0.2, 0.25) is 0 Å². The summed E-state index contributed by atoms with van der Waals surface area (Å²) in [5.74, 6) is -1.60. The number of hydrogen-bond acceptors (Lipinski definition) is 4. The van der Waals surface area contributed by atoms with Crippen LogP contribution in [0.2, 0.25) is 5.02 Å². The molecular weight excluding hydrogens is 244 g/mol. The largest absolute Gasteiger partial charge is 0.469 e. The summed E-state index contributed by atoms with van der Waals surface area (Å²) < 4.78 is 9.21. The molecule has 0 aromatic heterocycles. The van der Waals surface area contributed by atoms with Gasteiger partial charge in [-0.05, 0) is 17.7 Å². The molecule has 0 spiro atoms. The summed E-state index contributed by atoms with van der Waals surface area (Å²) >= 11 is 5.76. The third-order valence-electron chi connectivity index (χ3n) is 2.36. The van der Waals surface area contributed by atoms with Gasteiger partial charge in [-0.2, -0.15) is 0 Å².